The number of aromatic nitrogens is 9. The summed E-state index contributed by atoms with van der Waals surface area (Å²) >= 11 is 44.9. The highest BCUT2D eigenvalue weighted by atomic mass is 35.5. The topological polar surface area (TPSA) is 337 Å². The van der Waals surface area contributed by atoms with Gasteiger partial charge in [-0.1, -0.05) is 142 Å². The highest BCUT2D eigenvalue weighted by molar-refractivity contribution is 6.43. The van der Waals surface area contributed by atoms with Crippen LogP contribution in [0.25, 0.3) is 83.9 Å². The molecule has 3 aliphatic heterocycles. The Morgan fingerprint density at radius 1 is 0.383 bits per heavy atom. The standard InChI is InChI=1S/2C33H30Cl3F2N7O2.C33H28ClF5N6O2/c1-7-21(46)44-16(5)12-43(13-17(44)6)31-18-10-20(34)29(22-25(37)23(35)26(38)24(36)27(22)40)42-32(18)45(33(47)19(31)11-39)30-15(4)8-9-41-28(30)14(2)3;1-7-21(46)44-16(5)12-43(13-17(44)6)31-18-10-20(34)29(22-23(35)25(37)26(38)27(40)24(22)36)42-32(18)45(33(47)19(31)11-39)30-15(4)8-9-41-28(30)14(2)3;1-7-21(46)44-16(5)12-43(13-17(44)6)31-18-10-20(34)29(22-23(35)25(37)27(39)26(38)24(22)36)42-32(18)45(33(47)19(31)11-40)30-15(4)8-9-41-28(30)14(2)3/h2*7-10,14,16-17H,1,12-13,40H2,2-6H3;7-10,14,16-17H,1,12-13H2,2-6H3/t3*16-,17+. The van der Waals surface area contributed by atoms with Crippen LogP contribution in [0.5, 0.6) is 0 Å². The highest BCUT2D eigenvalue weighted by Gasteiger charge is 2.43. The smallest absolute Gasteiger partial charge is 0.276 e. The third kappa shape index (κ3) is 18.2. The molecule has 42 heteroatoms. The summed E-state index contributed by atoms with van der Waals surface area (Å²) in [4.78, 5) is 119. The number of nitrogens with zero attached hydrogens (tertiary/aromatic N) is 18. The van der Waals surface area contributed by atoms with Gasteiger partial charge in [-0.3, -0.25) is 57.4 Å². The first-order chi connectivity index (χ1) is 66.5. The molecule has 3 aliphatic rings. The fourth-order valence-electron chi connectivity index (χ4n) is 18.8. The summed E-state index contributed by atoms with van der Waals surface area (Å²) in [5, 5.41) is 28.7. The van der Waals surface area contributed by atoms with Crippen molar-refractivity contribution in [3.8, 4) is 69.0 Å². The number of halogens is 16. The fraction of sp³-hybridized carbons (Fsp3) is 0.303. The molecule has 0 saturated carbocycles. The number of fused-ring (bicyclic) bond motifs is 3. The Bertz CT molecular complexity index is 6870. The van der Waals surface area contributed by atoms with E-state index in [-0.39, 0.29) is 193 Å². The van der Waals surface area contributed by atoms with E-state index >= 15 is 13.2 Å². The molecule has 12 heterocycles. The number of piperazine rings is 3. The molecule has 12 aromatic rings. The number of pyridine rings is 9. The maximum atomic E-state index is 15.6. The van der Waals surface area contributed by atoms with E-state index in [9.17, 15) is 70.9 Å². The molecule has 0 radical (unpaired) electrons. The number of rotatable bonds is 15. The average molecular weight is 2070 g/mol. The number of carbonyl (C=O) groups excluding carboxylic acids is 3. The number of aryl methyl sites for hydroxylation is 3. The van der Waals surface area contributed by atoms with Gasteiger partial charge in [0, 0.05) is 116 Å². The highest BCUT2D eigenvalue weighted by Crippen LogP contribution is 2.50. The van der Waals surface area contributed by atoms with Crippen molar-refractivity contribution in [2.75, 3.05) is 65.4 Å². The molecule has 0 spiro atoms. The van der Waals surface area contributed by atoms with Crippen LogP contribution in [0.15, 0.2) is 107 Å². The van der Waals surface area contributed by atoms with Gasteiger partial charge in [0.15, 0.2) is 46.5 Å². The van der Waals surface area contributed by atoms with Gasteiger partial charge in [0.2, 0.25) is 23.5 Å². The number of amides is 3. The zero-order chi connectivity index (χ0) is 104. The molecule has 3 aromatic carbocycles. The minimum Gasteiger partial charge on any atom is -0.397 e. The van der Waals surface area contributed by atoms with E-state index in [0.717, 1.165) is 4.57 Å². The van der Waals surface area contributed by atoms with E-state index < -0.39 is 134 Å². The molecule has 3 amide bonds. The predicted octanol–water partition coefficient (Wildman–Crippen LogP) is 21.1. The molecule has 15 rings (SSSR count). The van der Waals surface area contributed by atoms with Crippen molar-refractivity contribution >= 4 is 160 Å². The largest absolute Gasteiger partial charge is 0.397 e. The molecule has 141 heavy (non-hydrogen) atoms. The first kappa shape index (κ1) is 105. The number of anilines is 5. The van der Waals surface area contributed by atoms with Crippen molar-refractivity contribution < 1.29 is 53.9 Å². The zero-order valence-electron chi connectivity index (χ0n) is 78.2. The second kappa shape index (κ2) is 41.1. The van der Waals surface area contributed by atoms with Gasteiger partial charge < -0.3 is 40.9 Å². The van der Waals surface area contributed by atoms with Gasteiger partial charge in [-0.2, -0.15) is 15.8 Å². The fourth-order valence-corrected chi connectivity index (χ4v) is 20.5. The Morgan fingerprint density at radius 3 is 0.936 bits per heavy atom. The van der Waals surface area contributed by atoms with Crippen molar-refractivity contribution in [1.82, 2.24) is 58.3 Å². The van der Waals surface area contributed by atoms with Gasteiger partial charge >= 0.3 is 0 Å². The van der Waals surface area contributed by atoms with Crippen LogP contribution in [-0.4, -0.2) is 152 Å². The molecule has 6 atom stereocenters. The Kier molecular flexibility index (Phi) is 30.6. The number of nitrogen functional groups attached to an aromatic ring is 2. The molecule has 3 fully saturated rings. The van der Waals surface area contributed by atoms with Crippen molar-refractivity contribution in [2.24, 2.45) is 0 Å². The summed E-state index contributed by atoms with van der Waals surface area (Å²) in [6.45, 7) is 39.6. The molecule has 26 nitrogen and oxygen atoms in total. The minimum atomic E-state index is -2.36. The lowest BCUT2D eigenvalue weighted by Crippen LogP contribution is -2.58. The summed E-state index contributed by atoms with van der Waals surface area (Å²) in [7, 11) is 0. The molecule has 0 unspecified atom stereocenters. The van der Waals surface area contributed by atoms with Gasteiger partial charge in [0.25, 0.3) is 16.7 Å². The Morgan fingerprint density at radius 2 is 0.660 bits per heavy atom. The SMILES string of the molecule is C=CC(=O)N1[C@H](C)CN(c2c(C#N)c(=O)n(-c3c(C)ccnc3C(C)C)c3nc(-c4c(Cl)c(N)c(F)c(F)c4Cl)c(Cl)cc23)C[C@@H]1C.C=CC(=O)N1[C@H](C)CN(c2c(C#N)c(=O)n(-c3c(C)ccnc3C(C)C)c3nc(-c4c(F)c(F)c(F)c(F)c4F)c(Cl)cc23)C[C@@H]1C.C=CC(=O)N1[C@H](C)CN(c2c(C#N)c(=O)n(-c3c(C)ccnc3C(C)C)c3nc(-c4c(N)c(Cl)c(F)c(Cl)c4F)c(Cl)cc23)C[C@@H]1C. The lowest BCUT2D eigenvalue weighted by molar-refractivity contribution is -0.131. The number of nitrogens with two attached hydrogens (primary N) is 2. The molecule has 9 aromatic heterocycles. The molecule has 4 N–H and O–H groups in total. The third-order valence-electron chi connectivity index (χ3n) is 24.9. The van der Waals surface area contributed by atoms with E-state index in [1.54, 1.807) is 84.8 Å². The summed E-state index contributed by atoms with van der Waals surface area (Å²) in [6.07, 6.45) is 8.43. The molecular weight excluding hydrogens is 1980 g/mol. The van der Waals surface area contributed by atoms with Gasteiger partial charge in [0.05, 0.1) is 116 Å². The summed E-state index contributed by atoms with van der Waals surface area (Å²) in [5.41, 5.74) is 9.08. The van der Waals surface area contributed by atoms with Crippen LogP contribution in [0.1, 0.15) is 151 Å². The molecule has 732 valence electrons. The van der Waals surface area contributed by atoms with Crippen LogP contribution in [0, 0.1) is 107 Å². The lowest BCUT2D eigenvalue weighted by atomic mass is 10.0. The van der Waals surface area contributed by atoms with E-state index in [1.807, 2.05) is 85.1 Å². The number of hydrogen-bond donors (Lipinski definition) is 2. The van der Waals surface area contributed by atoms with Crippen LogP contribution in [-0.2, 0) is 14.4 Å². The van der Waals surface area contributed by atoms with Crippen LogP contribution >= 0.6 is 81.2 Å². The van der Waals surface area contributed by atoms with E-state index in [0.29, 0.717) is 50.5 Å². The van der Waals surface area contributed by atoms with Crippen LogP contribution in [0.3, 0.4) is 0 Å². The molecule has 0 bridgehead atoms. The first-order valence-electron chi connectivity index (χ1n) is 43.8. The predicted molar refractivity (Wildman–Crippen MR) is 530 cm³/mol. The summed E-state index contributed by atoms with van der Waals surface area (Å²) in [6, 6.07) is 13.2. The summed E-state index contributed by atoms with van der Waals surface area (Å²) < 4.78 is 136. The van der Waals surface area contributed by atoms with Crippen molar-refractivity contribution in [3.05, 3.63) is 262 Å². The second-order valence-electron chi connectivity index (χ2n) is 35.2. The van der Waals surface area contributed by atoms with Gasteiger partial charge in [0.1, 0.15) is 61.9 Å². The normalized spacial score (nSPS) is 16.6. The van der Waals surface area contributed by atoms with E-state index in [1.165, 1.54) is 51.8 Å². The molecule has 3 saturated heterocycles. The maximum absolute atomic E-state index is 15.6. The summed E-state index contributed by atoms with van der Waals surface area (Å²) in [5.74, 6) is -17.8. The maximum Gasteiger partial charge on any atom is 0.276 e. The monoisotopic (exact) mass is 2070 g/mol. The molecule has 0 aliphatic carbocycles. The first-order valence-corrected chi connectivity index (χ1v) is 46.4. The van der Waals surface area contributed by atoms with Crippen molar-refractivity contribution in [1.29, 1.82) is 15.8 Å². The number of nitriles is 3. The average Bonchev–Trinajstić information content (AvgIpc) is 0.725. The number of hydrogen-bond acceptors (Lipinski definition) is 20. The second-order valence-corrected chi connectivity index (χ2v) is 38.0. The number of carbonyl (C=O) groups is 3. The Labute approximate surface area is 837 Å². The van der Waals surface area contributed by atoms with Crippen molar-refractivity contribution in [2.45, 2.75) is 158 Å². The zero-order valence-corrected chi connectivity index (χ0v) is 83.5. The molecular formula is C99H88Cl7F9N20O6. The van der Waals surface area contributed by atoms with Gasteiger partial charge in [-0.15, -0.1) is 0 Å². The quantitative estimate of drug-likeness (QED) is 0.0316. The lowest BCUT2D eigenvalue weighted by Gasteiger charge is -2.45. The van der Waals surface area contributed by atoms with Gasteiger partial charge in [-0.05, 0) is 151 Å². The van der Waals surface area contributed by atoms with Crippen molar-refractivity contribution in [3.63, 3.8) is 0 Å². The van der Waals surface area contributed by atoms with Gasteiger partial charge in [-0.25, -0.2) is 54.5 Å². The minimum absolute atomic E-state index is 0.00155. The van der Waals surface area contributed by atoms with Crippen LogP contribution in [0.2, 0.25) is 35.2 Å². The third-order valence-corrected chi connectivity index (χ3v) is 27.2. The Hall–Kier alpha value is -13.3. The Balaban J connectivity index is 0.000000178. The van der Waals surface area contributed by atoms with E-state index in [4.69, 9.17) is 103 Å². The van der Waals surface area contributed by atoms with Crippen LogP contribution < -0.4 is 42.8 Å². The van der Waals surface area contributed by atoms with E-state index in [2.05, 4.69) is 51.8 Å². The van der Waals surface area contributed by atoms with Crippen LogP contribution in [0.4, 0.5) is 68.0 Å². The number of benzene rings is 3.